The maximum atomic E-state index is 13.6. The van der Waals surface area contributed by atoms with Crippen LogP contribution >= 0.6 is 0 Å². The van der Waals surface area contributed by atoms with Crippen molar-refractivity contribution in [3.8, 4) is 0 Å². The molecule has 6 aliphatic rings. The summed E-state index contributed by atoms with van der Waals surface area (Å²) in [6.07, 6.45) is 8.57. The third-order valence-electron chi connectivity index (χ3n) is 12.6. The molecule has 4 aliphatic heterocycles. The lowest BCUT2D eigenvalue weighted by atomic mass is 9.68. The predicted molar refractivity (Wildman–Crippen MR) is 185 cm³/mol. The lowest BCUT2D eigenvalue weighted by Gasteiger charge is -2.47. The van der Waals surface area contributed by atoms with Gasteiger partial charge in [-0.05, 0) is 76.2 Å². The van der Waals surface area contributed by atoms with Gasteiger partial charge in [0.15, 0.2) is 0 Å². The van der Waals surface area contributed by atoms with E-state index < -0.39 is 6.10 Å². The molecule has 6 rings (SSSR count). The summed E-state index contributed by atoms with van der Waals surface area (Å²) in [6, 6.07) is 0.864. The Hall–Kier alpha value is -1.38. The van der Waals surface area contributed by atoms with E-state index in [1.54, 1.807) is 0 Å². The fraction of sp³-hybridized carbons (Fsp3) is 0.944. The number of hydrogen-bond donors (Lipinski definition) is 5. The summed E-state index contributed by atoms with van der Waals surface area (Å²) in [4.78, 5) is 32.9. The zero-order valence-corrected chi connectivity index (χ0v) is 30.1. The van der Waals surface area contributed by atoms with Crippen LogP contribution in [-0.2, 0) is 19.1 Å². The topological polar surface area (TPSA) is 131 Å². The molecule has 48 heavy (non-hydrogen) atoms. The summed E-state index contributed by atoms with van der Waals surface area (Å²) in [5, 5.41) is 25.1. The number of fused-ring (bicyclic) bond motifs is 1. The van der Waals surface area contributed by atoms with Gasteiger partial charge in [0.1, 0.15) is 0 Å². The molecule has 0 aromatic heterocycles. The van der Waals surface area contributed by atoms with E-state index in [-0.39, 0.29) is 48.6 Å². The van der Waals surface area contributed by atoms with E-state index in [9.17, 15) is 14.7 Å². The zero-order chi connectivity index (χ0) is 33.8. The van der Waals surface area contributed by atoms with Gasteiger partial charge in [0.2, 0.25) is 11.8 Å². The number of nitrogens with zero attached hydrogens (tertiary/aromatic N) is 3. The van der Waals surface area contributed by atoms with Crippen LogP contribution in [0.4, 0.5) is 0 Å². The normalized spacial score (nSPS) is 37.6. The third-order valence-corrected chi connectivity index (χ3v) is 12.6. The predicted octanol–water partition coefficient (Wildman–Crippen LogP) is 1.15. The van der Waals surface area contributed by atoms with Crippen molar-refractivity contribution < 1.29 is 24.2 Å². The number of piperazine rings is 1. The summed E-state index contributed by atoms with van der Waals surface area (Å²) in [7, 11) is 0. The first-order chi connectivity index (χ1) is 23.1. The van der Waals surface area contributed by atoms with E-state index in [4.69, 9.17) is 9.47 Å². The third kappa shape index (κ3) is 9.09. The van der Waals surface area contributed by atoms with Crippen LogP contribution in [-0.4, -0.2) is 140 Å². The minimum atomic E-state index is -0.586. The Morgan fingerprint density at radius 1 is 1.02 bits per heavy atom. The molecule has 0 bridgehead atoms. The lowest BCUT2D eigenvalue weighted by Crippen LogP contribution is -2.65. The smallest absolute Gasteiger partial charge is 0.225 e. The van der Waals surface area contributed by atoms with Crippen molar-refractivity contribution in [2.24, 2.45) is 29.6 Å². The summed E-state index contributed by atoms with van der Waals surface area (Å²) in [5.41, 5.74) is 0. The van der Waals surface area contributed by atoms with Crippen molar-refractivity contribution in [1.29, 1.82) is 0 Å². The first kappa shape index (κ1) is 36.4. The number of piperidine rings is 2. The van der Waals surface area contributed by atoms with Crippen LogP contribution in [0.1, 0.15) is 79.1 Å². The van der Waals surface area contributed by atoms with E-state index in [1.165, 1.54) is 25.7 Å². The van der Waals surface area contributed by atoms with Crippen LogP contribution in [0.3, 0.4) is 0 Å². The molecule has 9 unspecified atom stereocenters. The molecule has 4 heterocycles. The number of aliphatic hydroxyl groups is 1. The number of rotatable bonds is 12. The highest BCUT2D eigenvalue weighted by Crippen LogP contribution is 2.41. The van der Waals surface area contributed by atoms with Gasteiger partial charge in [-0.3, -0.25) is 30.4 Å². The number of ether oxygens (including phenoxy) is 2. The first-order valence-electron chi connectivity index (χ1n) is 19.3. The Labute approximate surface area is 288 Å². The van der Waals surface area contributed by atoms with Crippen LogP contribution in [0.5, 0.6) is 0 Å². The van der Waals surface area contributed by atoms with Crippen LogP contribution < -0.4 is 21.3 Å². The molecule has 274 valence electrons. The fourth-order valence-corrected chi connectivity index (χ4v) is 9.22. The highest BCUT2D eigenvalue weighted by molar-refractivity contribution is 5.79. The minimum absolute atomic E-state index is 0.0175. The van der Waals surface area contributed by atoms with Gasteiger partial charge >= 0.3 is 0 Å². The number of hydrogen-bond acceptors (Lipinski definition) is 10. The number of carbonyl (C=O) groups excluding carboxylic acids is 2. The van der Waals surface area contributed by atoms with E-state index >= 15 is 0 Å². The molecule has 0 aromatic rings. The second-order valence-corrected chi connectivity index (χ2v) is 16.2. The number of likely N-dealkylation sites (tertiary alicyclic amines) is 1. The van der Waals surface area contributed by atoms with Crippen molar-refractivity contribution in [2.45, 2.75) is 122 Å². The summed E-state index contributed by atoms with van der Waals surface area (Å²) in [6.45, 7) is 15.7. The fourth-order valence-electron chi connectivity index (χ4n) is 9.22. The van der Waals surface area contributed by atoms with Crippen LogP contribution in [0, 0.1) is 29.6 Å². The lowest BCUT2D eigenvalue weighted by molar-refractivity contribution is -0.137. The molecule has 0 aromatic carbocycles. The van der Waals surface area contributed by atoms with Crippen LogP contribution in [0.2, 0.25) is 0 Å². The minimum Gasteiger partial charge on any atom is -0.390 e. The maximum absolute atomic E-state index is 13.6. The quantitative estimate of drug-likeness (QED) is 0.206. The average molecular weight is 676 g/mol. The molecule has 6 fully saturated rings. The molecule has 2 saturated carbocycles. The Kier molecular flexibility index (Phi) is 12.7. The van der Waals surface area contributed by atoms with Gasteiger partial charge in [0.05, 0.1) is 44.0 Å². The van der Waals surface area contributed by atoms with Crippen molar-refractivity contribution >= 4 is 11.8 Å². The molecule has 0 spiro atoms. The first-order valence-corrected chi connectivity index (χ1v) is 19.3. The summed E-state index contributed by atoms with van der Waals surface area (Å²) >= 11 is 0. The van der Waals surface area contributed by atoms with E-state index in [0.717, 1.165) is 65.0 Å². The van der Waals surface area contributed by atoms with Crippen molar-refractivity contribution in [2.75, 3.05) is 65.7 Å². The average Bonchev–Trinajstić information content (AvgIpc) is 3.48. The molecule has 5 N–H and O–H groups in total. The van der Waals surface area contributed by atoms with Crippen LogP contribution in [0.15, 0.2) is 0 Å². The highest BCUT2D eigenvalue weighted by Gasteiger charge is 2.42. The molecule has 10 atom stereocenters. The van der Waals surface area contributed by atoms with E-state index in [0.29, 0.717) is 55.8 Å². The largest absolute Gasteiger partial charge is 0.390 e. The summed E-state index contributed by atoms with van der Waals surface area (Å²) in [5.74, 6) is 1.99. The number of nitrogens with one attached hydrogen (secondary N) is 4. The van der Waals surface area contributed by atoms with E-state index in [1.807, 2.05) is 18.7 Å². The van der Waals surface area contributed by atoms with Crippen LogP contribution in [0.25, 0.3) is 0 Å². The highest BCUT2D eigenvalue weighted by atomic mass is 16.6. The SMILES string of the molecule is CC(C)C(=O)N1CCN(C2CC(C(=O)NC[C@H](O)CN3CCC4C(CCC(OCC5OCNC5C)C4C)C3)CC(NC3CCC3)N2)CC1. The number of aliphatic hydroxyl groups excluding tert-OH is 1. The second-order valence-electron chi connectivity index (χ2n) is 16.2. The van der Waals surface area contributed by atoms with Gasteiger partial charge in [-0.15, -0.1) is 0 Å². The van der Waals surface area contributed by atoms with Gasteiger partial charge < -0.3 is 29.7 Å². The Morgan fingerprint density at radius 2 is 1.81 bits per heavy atom. The molecule has 2 aliphatic carbocycles. The molecule has 0 radical (unpaired) electrons. The van der Waals surface area contributed by atoms with Crippen molar-refractivity contribution in [3.63, 3.8) is 0 Å². The number of amides is 2. The number of carbonyl (C=O) groups is 2. The maximum Gasteiger partial charge on any atom is 0.225 e. The molecule has 12 nitrogen and oxygen atoms in total. The van der Waals surface area contributed by atoms with E-state index in [2.05, 4.69) is 44.9 Å². The molecule has 2 amide bonds. The Morgan fingerprint density at radius 3 is 2.50 bits per heavy atom. The van der Waals surface area contributed by atoms with Crippen molar-refractivity contribution in [1.82, 2.24) is 36.0 Å². The van der Waals surface area contributed by atoms with Crippen molar-refractivity contribution in [3.05, 3.63) is 0 Å². The molecular formula is C36H65N7O5. The molecule has 12 heteroatoms. The van der Waals surface area contributed by atoms with Gasteiger partial charge in [0.25, 0.3) is 0 Å². The molecular weight excluding hydrogens is 610 g/mol. The Balaban J connectivity index is 0.939. The zero-order valence-electron chi connectivity index (χ0n) is 30.1. The monoisotopic (exact) mass is 676 g/mol. The number of β-amino-alcohol motifs (C(OH)–C–C–N with tert-alkyl or cyclic N) is 1. The van der Waals surface area contributed by atoms with Gasteiger partial charge in [-0.1, -0.05) is 27.2 Å². The Bertz CT molecular complexity index is 1060. The molecule has 4 saturated heterocycles. The second kappa shape index (κ2) is 16.8. The van der Waals surface area contributed by atoms with Gasteiger partial charge in [-0.2, -0.15) is 0 Å². The van der Waals surface area contributed by atoms with Gasteiger partial charge in [0, 0.05) is 69.7 Å². The summed E-state index contributed by atoms with van der Waals surface area (Å²) < 4.78 is 12.2. The van der Waals surface area contributed by atoms with Gasteiger partial charge in [-0.25, -0.2) is 0 Å². The standard InChI is InChI=1S/C36H65N7O5/c1-23(2)36(46)43-14-12-42(13-15-43)34-17-27(16-33(40-34)39-28-6-5-7-28)35(45)37-18-29(44)20-41-11-10-30-24(3)31(9-8-26(30)19-41)47-21-32-25(4)38-22-48-32/h23-34,38-40,44H,5-22H2,1-4H3,(H,37,45)/t24?,25?,26?,27?,29-,30?,31?,32?,33?,34?/m0/s1.